The van der Waals surface area contributed by atoms with E-state index in [9.17, 15) is 14.2 Å². The predicted octanol–water partition coefficient (Wildman–Crippen LogP) is 4.03. The normalized spacial score (nSPS) is 15.0. The van der Waals surface area contributed by atoms with Gasteiger partial charge in [-0.1, -0.05) is 23.7 Å². The number of aryl methyl sites for hydroxylation is 1. The largest absolute Gasteiger partial charge is 0.697 e. The van der Waals surface area contributed by atoms with Crippen LogP contribution < -0.4 is 0 Å². The number of aliphatic hydroxyl groups is 1. The average molecular weight is 399 g/mol. The van der Waals surface area contributed by atoms with Gasteiger partial charge >= 0.3 is 16.5 Å². The zero-order chi connectivity index (χ0) is 18.0. The van der Waals surface area contributed by atoms with Crippen LogP contribution in [0.5, 0.6) is 0 Å². The quantitative estimate of drug-likeness (QED) is 0.531. The molecule has 0 bridgehead atoms. The summed E-state index contributed by atoms with van der Waals surface area (Å²) in [6.45, 7) is -0.549. The van der Waals surface area contributed by atoms with Crippen molar-refractivity contribution >= 4 is 28.1 Å². The molecule has 0 heterocycles. The molecular weight excluding hydrogens is 378 g/mol. The highest BCUT2D eigenvalue weighted by molar-refractivity contribution is 7.33. The van der Waals surface area contributed by atoms with Crippen LogP contribution in [0.15, 0.2) is 24.3 Å². The molecule has 0 aromatic heterocycles. The zero-order valence-electron chi connectivity index (χ0n) is 13.5. The fourth-order valence-electron chi connectivity index (χ4n) is 1.91. The van der Waals surface area contributed by atoms with E-state index in [1.807, 2.05) is 12.1 Å². The topological polar surface area (TPSA) is 91.3 Å². The van der Waals surface area contributed by atoms with Crippen LogP contribution >= 0.6 is 28.1 Å². The van der Waals surface area contributed by atoms with Crippen LogP contribution in [0, 0.1) is 0 Å². The van der Waals surface area contributed by atoms with Crippen LogP contribution in [-0.2, 0) is 33.6 Å². The molecule has 7 nitrogen and oxygen atoms in total. The van der Waals surface area contributed by atoms with Gasteiger partial charge in [0.2, 0.25) is 0 Å². The zero-order valence-corrected chi connectivity index (χ0v) is 16.1. The van der Waals surface area contributed by atoms with Crippen molar-refractivity contribution in [2.75, 3.05) is 27.4 Å². The van der Waals surface area contributed by atoms with Crippen molar-refractivity contribution in [3.63, 3.8) is 0 Å². The second-order valence-corrected chi connectivity index (χ2v) is 7.64. The molecule has 24 heavy (non-hydrogen) atoms. The van der Waals surface area contributed by atoms with Crippen LogP contribution in [0.25, 0.3) is 0 Å². The van der Waals surface area contributed by atoms with Crippen molar-refractivity contribution in [1.29, 1.82) is 0 Å². The molecule has 1 N–H and O–H groups in total. The molecule has 0 aliphatic heterocycles. The molecule has 0 saturated heterocycles. The third-order valence-corrected chi connectivity index (χ3v) is 4.72. The van der Waals surface area contributed by atoms with Gasteiger partial charge in [0.05, 0.1) is 14.2 Å². The van der Waals surface area contributed by atoms with E-state index in [1.165, 1.54) is 14.2 Å². The Labute approximate surface area is 148 Å². The monoisotopic (exact) mass is 398 g/mol. The van der Waals surface area contributed by atoms with E-state index in [0.717, 1.165) is 5.56 Å². The summed E-state index contributed by atoms with van der Waals surface area (Å²) in [5.41, 5.74) is -0.394. The third-order valence-electron chi connectivity index (χ3n) is 3.20. The summed E-state index contributed by atoms with van der Waals surface area (Å²) in [4.78, 5) is 0. The minimum Gasteiger partial charge on any atom is -0.385 e. The van der Waals surface area contributed by atoms with Crippen LogP contribution in [0.1, 0.15) is 18.4 Å². The molecule has 10 heteroatoms. The lowest BCUT2D eigenvalue weighted by atomic mass is 9.97. The first-order chi connectivity index (χ1) is 11.4. The van der Waals surface area contributed by atoms with Gasteiger partial charge in [-0.05, 0) is 37.0 Å². The minimum absolute atomic E-state index is 0.274. The first-order valence-electron chi connectivity index (χ1n) is 7.14. The van der Waals surface area contributed by atoms with E-state index in [1.54, 1.807) is 12.1 Å². The number of benzene rings is 1. The molecule has 1 aromatic rings. The molecule has 0 fully saturated rings. The Morgan fingerprint density at radius 3 is 2.00 bits per heavy atom. The Morgan fingerprint density at radius 1 is 1.04 bits per heavy atom. The first-order valence-corrected chi connectivity index (χ1v) is 9.71. The summed E-state index contributed by atoms with van der Waals surface area (Å²) < 4.78 is 41.4. The standard InChI is InChI=1S/C14H21ClO7P2/c1-19-23(17)21-10-14(16,11-22-24(18)20-2)9-3-4-12-5-7-13(15)8-6-12/h5-8,16H,3-4,9-11H2,1-2H3/q+2. The van der Waals surface area contributed by atoms with Gasteiger partial charge in [0, 0.05) is 14.2 Å². The van der Waals surface area contributed by atoms with Crippen LogP contribution in [0.4, 0.5) is 0 Å². The second kappa shape index (κ2) is 11.2. The Kier molecular flexibility index (Phi) is 10.0. The van der Waals surface area contributed by atoms with E-state index < -0.39 is 22.1 Å². The summed E-state index contributed by atoms with van der Waals surface area (Å²) in [6, 6.07) is 7.39. The third kappa shape index (κ3) is 8.56. The second-order valence-electron chi connectivity index (χ2n) is 5.06. The number of hydrogen-bond donors (Lipinski definition) is 1. The molecule has 0 radical (unpaired) electrons. The van der Waals surface area contributed by atoms with Gasteiger partial charge in [-0.25, -0.2) is 0 Å². The number of rotatable bonds is 12. The predicted molar refractivity (Wildman–Crippen MR) is 90.5 cm³/mol. The summed E-state index contributed by atoms with van der Waals surface area (Å²) in [7, 11) is -2.17. The highest BCUT2D eigenvalue weighted by Gasteiger charge is 2.36. The van der Waals surface area contributed by atoms with Gasteiger partial charge in [0.25, 0.3) is 0 Å². The lowest BCUT2D eigenvalue weighted by Crippen LogP contribution is -2.38. The van der Waals surface area contributed by atoms with Gasteiger partial charge in [-0.3, -0.25) is 0 Å². The van der Waals surface area contributed by atoms with Crippen molar-refractivity contribution in [2.24, 2.45) is 0 Å². The van der Waals surface area contributed by atoms with E-state index in [4.69, 9.17) is 20.6 Å². The molecule has 1 aromatic carbocycles. The van der Waals surface area contributed by atoms with Gasteiger partial charge < -0.3 is 5.11 Å². The fourth-order valence-corrected chi connectivity index (χ4v) is 2.94. The molecule has 0 saturated carbocycles. The highest BCUT2D eigenvalue weighted by atomic mass is 35.5. The van der Waals surface area contributed by atoms with Crippen molar-refractivity contribution in [1.82, 2.24) is 0 Å². The van der Waals surface area contributed by atoms with Crippen molar-refractivity contribution < 1.29 is 32.3 Å². The van der Waals surface area contributed by atoms with E-state index in [0.29, 0.717) is 17.9 Å². The summed E-state index contributed by atoms with van der Waals surface area (Å²) in [5, 5.41) is 11.2. The summed E-state index contributed by atoms with van der Waals surface area (Å²) in [5.74, 6) is 0. The Morgan fingerprint density at radius 2 is 1.54 bits per heavy atom. The molecule has 0 aliphatic carbocycles. The molecular formula is C14H21ClO7P2+2. The number of halogens is 1. The lowest BCUT2D eigenvalue weighted by Gasteiger charge is -2.22. The maximum Gasteiger partial charge on any atom is 0.697 e. The van der Waals surface area contributed by atoms with Crippen LogP contribution in [0.3, 0.4) is 0 Å². The molecule has 0 spiro atoms. The van der Waals surface area contributed by atoms with Gasteiger partial charge in [-0.2, -0.15) is 0 Å². The molecule has 0 aliphatic rings. The van der Waals surface area contributed by atoms with E-state index in [-0.39, 0.29) is 19.6 Å². The minimum atomic E-state index is -2.32. The maximum absolute atomic E-state index is 11.2. The average Bonchev–Trinajstić information content (AvgIpc) is 2.59. The van der Waals surface area contributed by atoms with Gasteiger partial charge in [0.1, 0.15) is 18.8 Å². The SMILES string of the molecule is CO[P+](=O)OCC(O)(CCCc1ccc(Cl)cc1)CO[P+](=O)OC. The lowest BCUT2D eigenvalue weighted by molar-refractivity contribution is -0.0487. The van der Waals surface area contributed by atoms with Gasteiger partial charge in [-0.15, -0.1) is 18.1 Å². The number of hydrogen-bond acceptors (Lipinski definition) is 7. The fraction of sp³-hybridized carbons (Fsp3) is 0.571. The summed E-state index contributed by atoms with van der Waals surface area (Å²) in [6.07, 6.45) is 1.60. The molecule has 0 amide bonds. The smallest absolute Gasteiger partial charge is 0.385 e. The summed E-state index contributed by atoms with van der Waals surface area (Å²) >= 11 is 5.84. The van der Waals surface area contributed by atoms with Crippen LogP contribution in [0.2, 0.25) is 5.02 Å². The van der Waals surface area contributed by atoms with Gasteiger partial charge in [0.15, 0.2) is 0 Å². The first kappa shape index (κ1) is 21.6. The molecule has 134 valence electrons. The van der Waals surface area contributed by atoms with E-state index in [2.05, 4.69) is 9.05 Å². The van der Waals surface area contributed by atoms with Crippen LogP contribution in [-0.4, -0.2) is 38.1 Å². The Hall–Kier alpha value is -0.490. The molecule has 1 rings (SSSR count). The van der Waals surface area contributed by atoms with E-state index >= 15 is 0 Å². The van der Waals surface area contributed by atoms with Crippen molar-refractivity contribution in [3.05, 3.63) is 34.9 Å². The molecule has 2 atom stereocenters. The highest BCUT2D eigenvalue weighted by Crippen LogP contribution is 2.30. The van der Waals surface area contributed by atoms with Crippen molar-refractivity contribution in [3.8, 4) is 0 Å². The Balaban J connectivity index is 2.56. The van der Waals surface area contributed by atoms with Crippen molar-refractivity contribution in [2.45, 2.75) is 24.9 Å². The Bertz CT molecular complexity index is 518. The maximum atomic E-state index is 11.2. The molecule has 2 unspecified atom stereocenters.